The average Bonchev–Trinajstić information content (AvgIpc) is 2.53. The first-order valence-electron chi connectivity index (χ1n) is 7.37. The highest BCUT2D eigenvalue weighted by atomic mass is 16.6. The van der Waals surface area contributed by atoms with E-state index in [1.165, 1.54) is 19.2 Å². The summed E-state index contributed by atoms with van der Waals surface area (Å²) in [6, 6.07) is 4.33. The number of nitro benzene ring substituents is 1. The van der Waals surface area contributed by atoms with E-state index in [0.29, 0.717) is 17.8 Å². The molecule has 120 valence electrons. The Morgan fingerprint density at radius 3 is 2.86 bits per heavy atom. The zero-order chi connectivity index (χ0) is 16.3. The quantitative estimate of drug-likeness (QED) is 0.650. The van der Waals surface area contributed by atoms with Crippen LogP contribution in [-0.2, 0) is 0 Å². The number of aliphatic hydroxyl groups excluding tert-OH is 1. The maximum atomic E-state index is 12.1. The summed E-state index contributed by atoms with van der Waals surface area (Å²) in [5.74, 6) is -0.209. The molecule has 1 aliphatic rings. The van der Waals surface area contributed by atoms with Crippen LogP contribution in [-0.4, -0.2) is 42.2 Å². The van der Waals surface area contributed by atoms with E-state index >= 15 is 0 Å². The summed E-state index contributed by atoms with van der Waals surface area (Å²) in [7, 11) is 1.50. The van der Waals surface area contributed by atoms with E-state index < -0.39 is 11.0 Å². The van der Waals surface area contributed by atoms with E-state index in [1.807, 2.05) is 4.90 Å². The molecule has 2 unspecified atom stereocenters. The van der Waals surface area contributed by atoms with Crippen LogP contribution in [0.4, 0.5) is 11.4 Å². The van der Waals surface area contributed by atoms with Gasteiger partial charge in [-0.2, -0.15) is 0 Å². The zero-order valence-corrected chi connectivity index (χ0v) is 12.8. The van der Waals surface area contributed by atoms with Crippen LogP contribution in [0.1, 0.15) is 30.1 Å². The third-order valence-electron chi connectivity index (χ3n) is 4.14. The highest BCUT2D eigenvalue weighted by Crippen LogP contribution is 2.30. The third kappa shape index (κ3) is 3.36. The van der Waals surface area contributed by atoms with Gasteiger partial charge in [0.25, 0.3) is 11.6 Å². The van der Waals surface area contributed by atoms with Crippen molar-refractivity contribution in [3.63, 3.8) is 0 Å². The maximum Gasteiger partial charge on any atom is 0.270 e. The summed E-state index contributed by atoms with van der Waals surface area (Å²) in [4.78, 5) is 24.5. The SMILES string of the molecule is CNC(=O)c1cc([N+](=O)[O-])ccc1N1CCCC(C(C)O)C1. The number of non-ortho nitro benzene ring substituents is 1. The molecule has 1 amide bonds. The van der Waals surface area contributed by atoms with Gasteiger partial charge in [0.15, 0.2) is 0 Å². The van der Waals surface area contributed by atoms with E-state index in [1.54, 1.807) is 13.0 Å². The Balaban J connectivity index is 2.36. The number of amides is 1. The van der Waals surface area contributed by atoms with E-state index in [0.717, 1.165) is 19.4 Å². The van der Waals surface area contributed by atoms with Gasteiger partial charge in [0.2, 0.25) is 0 Å². The van der Waals surface area contributed by atoms with Gasteiger partial charge in [0.1, 0.15) is 0 Å². The first kappa shape index (κ1) is 16.2. The number of nitro groups is 1. The average molecular weight is 307 g/mol. The van der Waals surface area contributed by atoms with Crippen molar-refractivity contribution >= 4 is 17.3 Å². The van der Waals surface area contributed by atoms with E-state index in [2.05, 4.69) is 5.32 Å². The predicted octanol–water partition coefficient (Wildman–Crippen LogP) is 1.55. The molecular weight excluding hydrogens is 286 g/mol. The zero-order valence-electron chi connectivity index (χ0n) is 12.8. The molecule has 1 aromatic carbocycles. The number of benzene rings is 1. The van der Waals surface area contributed by atoms with Gasteiger partial charge < -0.3 is 15.3 Å². The summed E-state index contributed by atoms with van der Waals surface area (Å²) in [6.45, 7) is 3.17. The molecular formula is C15H21N3O4. The summed E-state index contributed by atoms with van der Waals surface area (Å²) in [5, 5.41) is 23.2. The number of piperidine rings is 1. The number of anilines is 1. The van der Waals surface area contributed by atoms with Gasteiger partial charge in [0, 0.05) is 38.2 Å². The fourth-order valence-electron chi connectivity index (χ4n) is 2.85. The number of aliphatic hydroxyl groups is 1. The van der Waals surface area contributed by atoms with Crippen LogP contribution in [0.25, 0.3) is 0 Å². The van der Waals surface area contributed by atoms with Gasteiger partial charge >= 0.3 is 0 Å². The minimum Gasteiger partial charge on any atom is -0.393 e. The molecule has 1 aliphatic heterocycles. The summed E-state index contributed by atoms with van der Waals surface area (Å²) >= 11 is 0. The van der Waals surface area contributed by atoms with E-state index in [9.17, 15) is 20.0 Å². The number of hydrogen-bond donors (Lipinski definition) is 2. The molecule has 2 atom stereocenters. The lowest BCUT2D eigenvalue weighted by molar-refractivity contribution is -0.384. The Kier molecular flexibility index (Phi) is 4.97. The van der Waals surface area contributed by atoms with Crippen molar-refractivity contribution in [2.24, 2.45) is 5.92 Å². The molecule has 0 aromatic heterocycles. The Labute approximate surface area is 129 Å². The molecule has 2 N–H and O–H groups in total. The Morgan fingerprint density at radius 1 is 1.55 bits per heavy atom. The minimum atomic E-state index is -0.509. The fourth-order valence-corrected chi connectivity index (χ4v) is 2.85. The number of carbonyl (C=O) groups is 1. The molecule has 0 spiro atoms. The Morgan fingerprint density at radius 2 is 2.27 bits per heavy atom. The van der Waals surface area contributed by atoms with Gasteiger partial charge in [-0.3, -0.25) is 14.9 Å². The topological polar surface area (TPSA) is 95.7 Å². The molecule has 1 saturated heterocycles. The van der Waals surface area contributed by atoms with Crippen LogP contribution in [0.5, 0.6) is 0 Å². The van der Waals surface area contributed by atoms with Crippen molar-refractivity contribution in [1.29, 1.82) is 0 Å². The second kappa shape index (κ2) is 6.74. The molecule has 0 radical (unpaired) electrons. The minimum absolute atomic E-state index is 0.105. The van der Waals surface area contributed by atoms with Gasteiger partial charge in [0.05, 0.1) is 22.3 Å². The van der Waals surface area contributed by atoms with Crippen LogP contribution in [0.15, 0.2) is 18.2 Å². The number of carbonyl (C=O) groups excluding carboxylic acids is 1. The predicted molar refractivity (Wildman–Crippen MR) is 83.1 cm³/mol. The first-order chi connectivity index (χ1) is 10.4. The molecule has 7 heteroatoms. The highest BCUT2D eigenvalue weighted by Gasteiger charge is 2.27. The molecule has 2 rings (SSSR count). The van der Waals surface area contributed by atoms with Gasteiger partial charge in [-0.05, 0) is 25.8 Å². The van der Waals surface area contributed by atoms with Crippen LogP contribution in [0.2, 0.25) is 0 Å². The number of hydrogen-bond acceptors (Lipinski definition) is 5. The summed E-state index contributed by atoms with van der Waals surface area (Å²) in [5.41, 5.74) is 0.865. The molecule has 0 bridgehead atoms. The molecule has 0 aliphatic carbocycles. The molecule has 22 heavy (non-hydrogen) atoms. The Hall–Kier alpha value is -2.15. The lowest BCUT2D eigenvalue weighted by Gasteiger charge is -2.36. The standard InChI is InChI=1S/C15H21N3O4/c1-10(19)11-4-3-7-17(9-11)14-6-5-12(18(21)22)8-13(14)15(20)16-2/h5-6,8,10-11,19H,3-4,7,9H2,1-2H3,(H,16,20). The maximum absolute atomic E-state index is 12.1. The molecule has 0 saturated carbocycles. The van der Waals surface area contributed by atoms with Crippen molar-refractivity contribution in [2.45, 2.75) is 25.9 Å². The van der Waals surface area contributed by atoms with Crippen molar-refractivity contribution in [2.75, 3.05) is 25.0 Å². The number of nitrogens with zero attached hydrogens (tertiary/aromatic N) is 2. The van der Waals surface area contributed by atoms with Crippen LogP contribution >= 0.6 is 0 Å². The van der Waals surface area contributed by atoms with Gasteiger partial charge in [-0.15, -0.1) is 0 Å². The summed E-state index contributed by atoms with van der Waals surface area (Å²) in [6.07, 6.45) is 1.44. The molecule has 1 heterocycles. The smallest absolute Gasteiger partial charge is 0.270 e. The van der Waals surface area contributed by atoms with E-state index in [-0.39, 0.29) is 17.5 Å². The largest absolute Gasteiger partial charge is 0.393 e. The molecule has 1 fully saturated rings. The van der Waals surface area contributed by atoms with Gasteiger partial charge in [-0.25, -0.2) is 0 Å². The first-order valence-corrected chi connectivity index (χ1v) is 7.37. The van der Waals surface area contributed by atoms with Crippen molar-refractivity contribution < 1.29 is 14.8 Å². The third-order valence-corrected chi connectivity index (χ3v) is 4.14. The lowest BCUT2D eigenvalue weighted by Crippen LogP contribution is -2.40. The number of rotatable bonds is 4. The lowest BCUT2D eigenvalue weighted by atomic mass is 9.92. The fraction of sp³-hybridized carbons (Fsp3) is 0.533. The second-order valence-corrected chi connectivity index (χ2v) is 5.63. The van der Waals surface area contributed by atoms with E-state index in [4.69, 9.17) is 0 Å². The van der Waals surface area contributed by atoms with Crippen molar-refractivity contribution in [3.05, 3.63) is 33.9 Å². The normalized spacial score (nSPS) is 19.6. The second-order valence-electron chi connectivity index (χ2n) is 5.63. The van der Waals surface area contributed by atoms with Gasteiger partial charge in [-0.1, -0.05) is 0 Å². The monoisotopic (exact) mass is 307 g/mol. The van der Waals surface area contributed by atoms with Crippen LogP contribution in [0.3, 0.4) is 0 Å². The molecule has 1 aromatic rings. The van der Waals surface area contributed by atoms with Crippen LogP contribution in [0, 0.1) is 16.0 Å². The Bertz CT molecular complexity index is 574. The molecule has 7 nitrogen and oxygen atoms in total. The van der Waals surface area contributed by atoms with Crippen molar-refractivity contribution in [1.82, 2.24) is 5.32 Å². The summed E-state index contributed by atoms with van der Waals surface area (Å²) < 4.78 is 0. The highest BCUT2D eigenvalue weighted by molar-refractivity contribution is 6.00. The number of nitrogens with one attached hydrogen (secondary N) is 1. The van der Waals surface area contributed by atoms with Crippen LogP contribution < -0.4 is 10.2 Å². The van der Waals surface area contributed by atoms with Crippen molar-refractivity contribution in [3.8, 4) is 0 Å².